The van der Waals surface area contributed by atoms with Crippen LogP contribution in [0.4, 0.5) is 0 Å². The Bertz CT molecular complexity index is 2280. The van der Waals surface area contributed by atoms with Crippen molar-refractivity contribution in [1.29, 1.82) is 0 Å². The third-order valence-electron chi connectivity index (χ3n) is 9.31. The van der Waals surface area contributed by atoms with Crippen molar-refractivity contribution in [3.8, 4) is 22.3 Å². The van der Waals surface area contributed by atoms with E-state index in [2.05, 4.69) is 86.6 Å². The molecule has 204 valence electrons. The van der Waals surface area contributed by atoms with E-state index in [1.54, 1.807) is 0 Å². The van der Waals surface area contributed by atoms with Crippen molar-refractivity contribution in [3.05, 3.63) is 144 Å². The largest absolute Gasteiger partial charge is 0.455 e. The predicted molar refractivity (Wildman–Crippen MR) is 174 cm³/mol. The number of carbonyl (C=O) groups excluding carboxylic acids is 1. The lowest BCUT2D eigenvalue weighted by Gasteiger charge is -2.35. The monoisotopic (exact) mass is 554 g/mol. The normalized spacial score (nSPS) is 14.0. The lowest BCUT2D eigenvalue weighted by atomic mass is 9.67. The van der Waals surface area contributed by atoms with Gasteiger partial charge >= 0.3 is 0 Å². The first-order chi connectivity index (χ1) is 21.0. The number of carbonyl (C=O) groups is 1. The van der Waals surface area contributed by atoms with Gasteiger partial charge in [0.1, 0.15) is 22.3 Å². The van der Waals surface area contributed by atoms with Crippen LogP contribution in [0.25, 0.3) is 66.1 Å². The zero-order valence-corrected chi connectivity index (χ0v) is 23.8. The average Bonchev–Trinajstić information content (AvgIpc) is 3.62. The summed E-state index contributed by atoms with van der Waals surface area (Å²) in [7, 11) is 0. The number of fused-ring (bicyclic) bond motifs is 8. The second-order valence-electron chi connectivity index (χ2n) is 12.0. The van der Waals surface area contributed by atoms with E-state index >= 15 is 0 Å². The Kier molecular flexibility index (Phi) is 4.82. The molecule has 0 atom stereocenters. The van der Waals surface area contributed by atoms with E-state index in [9.17, 15) is 4.79 Å². The van der Waals surface area contributed by atoms with E-state index in [-0.39, 0.29) is 5.78 Å². The highest BCUT2D eigenvalue weighted by Crippen LogP contribution is 2.46. The standard InChI is InChI=1S/C40H26O3/c1-40(2)33-21-23(25-11-7-13-29-27-9-3-5-15-35(27)42-38(25)29)17-19-31(33)37(41)32-20-18-24(22-34(32)40)26-12-8-14-30-28-10-4-6-16-36(28)43-39(26)30/h3-22H,1-2H3. The highest BCUT2D eigenvalue weighted by atomic mass is 16.3. The first-order valence-electron chi connectivity index (χ1n) is 14.6. The maximum atomic E-state index is 13.9. The van der Waals surface area contributed by atoms with E-state index in [1.165, 1.54) is 0 Å². The minimum atomic E-state index is -0.409. The van der Waals surface area contributed by atoms with Gasteiger partial charge in [0.2, 0.25) is 0 Å². The Balaban J connectivity index is 1.21. The van der Waals surface area contributed by atoms with Crippen molar-refractivity contribution < 1.29 is 13.6 Å². The molecule has 2 heterocycles. The Morgan fingerprint density at radius 3 is 1.40 bits per heavy atom. The zero-order valence-electron chi connectivity index (χ0n) is 23.8. The third-order valence-corrected chi connectivity index (χ3v) is 9.31. The Labute approximate surface area is 248 Å². The predicted octanol–water partition coefficient (Wildman–Crippen LogP) is 10.7. The number of para-hydroxylation sites is 4. The van der Waals surface area contributed by atoms with Crippen molar-refractivity contribution >= 4 is 49.7 Å². The summed E-state index contributed by atoms with van der Waals surface area (Å²) in [5.41, 5.74) is 10.8. The molecule has 1 aliphatic rings. The number of benzene rings is 6. The molecule has 0 bridgehead atoms. The van der Waals surface area contributed by atoms with Gasteiger partial charge in [-0.3, -0.25) is 4.79 Å². The molecule has 0 N–H and O–H groups in total. The number of furan rings is 2. The van der Waals surface area contributed by atoms with Crippen LogP contribution in [0.5, 0.6) is 0 Å². The van der Waals surface area contributed by atoms with Crippen molar-refractivity contribution in [3.63, 3.8) is 0 Å². The summed E-state index contributed by atoms with van der Waals surface area (Å²) in [5, 5.41) is 4.40. The van der Waals surface area contributed by atoms with Gasteiger partial charge in [-0.15, -0.1) is 0 Å². The van der Waals surface area contributed by atoms with Gasteiger partial charge in [-0.25, -0.2) is 0 Å². The minimum absolute atomic E-state index is 0.0614. The molecule has 6 aromatic carbocycles. The molecular formula is C40H26O3. The second kappa shape index (κ2) is 8.56. The number of ketones is 1. The highest BCUT2D eigenvalue weighted by molar-refractivity contribution is 6.15. The van der Waals surface area contributed by atoms with Gasteiger partial charge in [-0.05, 0) is 46.5 Å². The molecule has 0 fully saturated rings. The molecule has 0 saturated carbocycles. The van der Waals surface area contributed by atoms with E-state index in [0.29, 0.717) is 0 Å². The van der Waals surface area contributed by atoms with Gasteiger partial charge in [0, 0.05) is 49.2 Å². The summed E-state index contributed by atoms with van der Waals surface area (Å²) >= 11 is 0. The van der Waals surface area contributed by atoms with Crippen molar-refractivity contribution in [2.45, 2.75) is 19.3 Å². The quantitative estimate of drug-likeness (QED) is 0.213. The molecule has 1 aliphatic carbocycles. The Hall–Kier alpha value is -5.41. The summed E-state index contributed by atoms with van der Waals surface area (Å²) in [5.74, 6) is 0.0614. The van der Waals surface area contributed by atoms with Crippen LogP contribution in [-0.2, 0) is 5.41 Å². The topological polar surface area (TPSA) is 43.4 Å². The number of hydrogen-bond acceptors (Lipinski definition) is 3. The summed E-state index contributed by atoms with van der Waals surface area (Å²) in [4.78, 5) is 13.9. The molecule has 3 nitrogen and oxygen atoms in total. The van der Waals surface area contributed by atoms with E-state index in [4.69, 9.17) is 8.83 Å². The molecule has 9 rings (SSSR count). The average molecular weight is 555 g/mol. The Morgan fingerprint density at radius 2 is 0.907 bits per heavy atom. The fourth-order valence-electron chi connectivity index (χ4n) is 7.09. The maximum absolute atomic E-state index is 13.9. The Morgan fingerprint density at radius 1 is 0.465 bits per heavy atom. The zero-order chi connectivity index (χ0) is 28.9. The van der Waals surface area contributed by atoms with Gasteiger partial charge in [-0.1, -0.05) is 111 Å². The second-order valence-corrected chi connectivity index (χ2v) is 12.0. The molecule has 2 aromatic heterocycles. The van der Waals surface area contributed by atoms with E-state index in [1.807, 2.05) is 48.5 Å². The van der Waals surface area contributed by atoms with Crippen LogP contribution in [0.15, 0.2) is 130 Å². The molecule has 0 amide bonds. The fraction of sp³-hybridized carbons (Fsp3) is 0.0750. The molecule has 8 aromatic rings. The lowest BCUT2D eigenvalue weighted by molar-refractivity contribution is 0.103. The van der Waals surface area contributed by atoms with Crippen LogP contribution in [0.1, 0.15) is 40.9 Å². The summed E-state index contributed by atoms with van der Waals surface area (Å²) < 4.78 is 12.7. The molecule has 0 radical (unpaired) electrons. The molecule has 0 aliphatic heterocycles. The summed E-state index contributed by atoms with van der Waals surface area (Å²) in [6, 6.07) is 41.3. The van der Waals surface area contributed by atoms with Crippen LogP contribution in [0.3, 0.4) is 0 Å². The molecular weight excluding hydrogens is 528 g/mol. The van der Waals surface area contributed by atoms with Gasteiger partial charge in [-0.2, -0.15) is 0 Å². The first-order valence-corrected chi connectivity index (χ1v) is 14.6. The van der Waals surface area contributed by atoms with Crippen molar-refractivity contribution in [2.75, 3.05) is 0 Å². The summed E-state index contributed by atoms with van der Waals surface area (Å²) in [6.07, 6.45) is 0. The lowest BCUT2D eigenvalue weighted by Crippen LogP contribution is -2.30. The number of rotatable bonds is 2. The highest BCUT2D eigenvalue weighted by Gasteiger charge is 2.37. The number of hydrogen-bond donors (Lipinski definition) is 0. The SMILES string of the molecule is CC1(C)c2cc(-c3cccc4c3oc3ccccc34)ccc2C(=O)c2ccc(-c3cccc4c3oc3ccccc34)cc21. The molecule has 43 heavy (non-hydrogen) atoms. The van der Waals surface area contributed by atoms with Crippen molar-refractivity contribution in [2.24, 2.45) is 0 Å². The molecule has 0 spiro atoms. The fourth-order valence-corrected chi connectivity index (χ4v) is 7.09. The summed E-state index contributed by atoms with van der Waals surface area (Å²) in [6.45, 7) is 4.43. The third kappa shape index (κ3) is 3.33. The molecule has 3 heteroatoms. The first kappa shape index (κ1) is 24.2. The van der Waals surface area contributed by atoms with Crippen LogP contribution in [-0.4, -0.2) is 5.78 Å². The van der Waals surface area contributed by atoms with Crippen molar-refractivity contribution in [1.82, 2.24) is 0 Å². The molecule has 0 saturated heterocycles. The smallest absolute Gasteiger partial charge is 0.193 e. The van der Waals surface area contributed by atoms with Gasteiger partial charge < -0.3 is 8.83 Å². The molecule has 0 unspecified atom stereocenters. The van der Waals surface area contributed by atoms with Gasteiger partial charge in [0.15, 0.2) is 5.78 Å². The minimum Gasteiger partial charge on any atom is -0.455 e. The van der Waals surface area contributed by atoms with E-state index < -0.39 is 5.41 Å². The van der Waals surface area contributed by atoms with Crippen LogP contribution < -0.4 is 0 Å². The van der Waals surface area contributed by atoms with Gasteiger partial charge in [0.25, 0.3) is 0 Å². The van der Waals surface area contributed by atoms with E-state index in [0.717, 1.165) is 88.4 Å². The van der Waals surface area contributed by atoms with Crippen LogP contribution in [0, 0.1) is 0 Å². The van der Waals surface area contributed by atoms with Crippen LogP contribution >= 0.6 is 0 Å². The van der Waals surface area contributed by atoms with Gasteiger partial charge in [0.05, 0.1) is 0 Å². The maximum Gasteiger partial charge on any atom is 0.193 e. The van der Waals surface area contributed by atoms with Crippen LogP contribution in [0.2, 0.25) is 0 Å².